The van der Waals surface area contributed by atoms with Crippen LogP contribution in [-0.4, -0.2) is 46.9 Å². The third kappa shape index (κ3) is 2.13. The first-order valence-corrected chi connectivity index (χ1v) is 7.01. The molecule has 0 radical (unpaired) electrons. The van der Waals surface area contributed by atoms with E-state index >= 15 is 0 Å². The fraction of sp³-hybridized carbons (Fsp3) is 0.467. The van der Waals surface area contributed by atoms with E-state index in [4.69, 9.17) is 5.73 Å². The first-order chi connectivity index (χ1) is 9.64. The summed E-state index contributed by atoms with van der Waals surface area (Å²) in [4.78, 5) is 23.8. The van der Waals surface area contributed by atoms with Crippen LogP contribution >= 0.6 is 0 Å². The number of amides is 1. The molecule has 20 heavy (non-hydrogen) atoms. The molecule has 5 nitrogen and oxygen atoms in total. The van der Waals surface area contributed by atoms with Gasteiger partial charge >= 0.3 is 0 Å². The Morgan fingerprint density at radius 3 is 2.75 bits per heavy atom. The number of hydrogen-bond acceptors (Lipinski definition) is 4. The molecule has 0 bridgehead atoms. The third-order valence-corrected chi connectivity index (χ3v) is 4.27. The smallest absolute Gasteiger partial charge is 0.258 e. The predicted molar refractivity (Wildman–Crippen MR) is 74.6 cm³/mol. The molecule has 0 spiro atoms. The maximum Gasteiger partial charge on any atom is 0.258 e. The summed E-state index contributed by atoms with van der Waals surface area (Å²) in [6.45, 7) is 1.50. The molecule has 2 unspecified atom stereocenters. The van der Waals surface area contributed by atoms with E-state index < -0.39 is 5.54 Å². The average Bonchev–Trinajstić information content (AvgIpc) is 2.88. The summed E-state index contributed by atoms with van der Waals surface area (Å²) < 4.78 is 0. The zero-order valence-corrected chi connectivity index (χ0v) is 11.4. The number of aldehydes is 1. The lowest BCUT2D eigenvalue weighted by Gasteiger charge is -2.43. The van der Waals surface area contributed by atoms with Gasteiger partial charge in [-0.15, -0.1) is 0 Å². The van der Waals surface area contributed by atoms with Crippen molar-refractivity contribution < 1.29 is 9.59 Å². The topological polar surface area (TPSA) is 66.6 Å². The lowest BCUT2D eigenvalue weighted by atomic mass is 9.86. The molecule has 5 heteroatoms. The van der Waals surface area contributed by atoms with Crippen molar-refractivity contribution >= 4 is 12.2 Å². The predicted octanol–water partition coefficient (Wildman–Crippen LogP) is 0.347. The zero-order chi connectivity index (χ0) is 14.2. The maximum absolute atomic E-state index is 12.7. The zero-order valence-electron chi connectivity index (χ0n) is 11.4. The first kappa shape index (κ1) is 13.3. The molecule has 2 heterocycles. The Labute approximate surface area is 118 Å². The van der Waals surface area contributed by atoms with Crippen molar-refractivity contribution in [2.24, 2.45) is 5.73 Å². The second-order valence-corrected chi connectivity index (χ2v) is 5.66. The van der Waals surface area contributed by atoms with Crippen molar-refractivity contribution in [3.05, 3.63) is 35.9 Å². The second kappa shape index (κ2) is 5.00. The van der Waals surface area contributed by atoms with E-state index in [1.807, 2.05) is 35.3 Å². The number of hydrogen-bond donors (Lipinski definition) is 1. The monoisotopic (exact) mass is 273 g/mol. The minimum Gasteiger partial charge on any atom is -0.317 e. The number of fused-ring (bicyclic) bond motifs is 1. The largest absolute Gasteiger partial charge is 0.317 e. The van der Waals surface area contributed by atoms with Gasteiger partial charge in [0.15, 0.2) is 0 Å². The molecule has 0 aromatic heterocycles. The summed E-state index contributed by atoms with van der Waals surface area (Å²) in [6.07, 6.45) is 2.70. The molecule has 106 valence electrons. The SMILES string of the molecule is NC1(Cc2ccccc2)CCN2CCC(C=O)N2C1=O. The third-order valence-electron chi connectivity index (χ3n) is 4.27. The van der Waals surface area contributed by atoms with Crippen LogP contribution in [-0.2, 0) is 16.0 Å². The molecule has 2 aliphatic heterocycles. The van der Waals surface area contributed by atoms with Gasteiger partial charge in [0.25, 0.3) is 5.91 Å². The Morgan fingerprint density at radius 1 is 1.30 bits per heavy atom. The first-order valence-electron chi connectivity index (χ1n) is 7.01. The molecular weight excluding hydrogens is 254 g/mol. The highest BCUT2D eigenvalue weighted by Gasteiger charge is 2.48. The van der Waals surface area contributed by atoms with Gasteiger partial charge in [0, 0.05) is 13.1 Å². The van der Waals surface area contributed by atoms with Gasteiger partial charge < -0.3 is 10.5 Å². The number of benzene rings is 1. The summed E-state index contributed by atoms with van der Waals surface area (Å²) in [5.41, 5.74) is 6.53. The molecule has 0 saturated carbocycles. The molecule has 2 fully saturated rings. The number of hydrazine groups is 1. The summed E-state index contributed by atoms with van der Waals surface area (Å²) in [6, 6.07) is 9.46. The Kier molecular flexibility index (Phi) is 3.31. The van der Waals surface area contributed by atoms with Crippen LogP contribution < -0.4 is 5.73 Å². The molecule has 2 saturated heterocycles. The molecule has 0 aliphatic carbocycles. The van der Waals surface area contributed by atoms with Crippen molar-refractivity contribution in [1.82, 2.24) is 10.0 Å². The Morgan fingerprint density at radius 2 is 2.05 bits per heavy atom. The van der Waals surface area contributed by atoms with Gasteiger partial charge in [0.05, 0.1) is 0 Å². The van der Waals surface area contributed by atoms with Gasteiger partial charge in [-0.1, -0.05) is 30.3 Å². The quantitative estimate of drug-likeness (QED) is 0.807. The normalized spacial score (nSPS) is 30.4. The maximum atomic E-state index is 12.7. The standard InChI is InChI=1S/C15H19N3O2/c16-15(10-12-4-2-1-3-5-12)7-9-17-8-6-13(11-19)18(17)14(15)20/h1-5,11,13H,6-10,16H2. The van der Waals surface area contributed by atoms with Crippen LogP contribution in [0.1, 0.15) is 18.4 Å². The highest BCUT2D eigenvalue weighted by Crippen LogP contribution is 2.30. The van der Waals surface area contributed by atoms with Crippen LogP contribution in [0.15, 0.2) is 30.3 Å². The van der Waals surface area contributed by atoms with Gasteiger partial charge in [0.2, 0.25) is 0 Å². The Hall–Kier alpha value is -1.72. The van der Waals surface area contributed by atoms with Crippen LogP contribution in [0.5, 0.6) is 0 Å². The fourth-order valence-corrected chi connectivity index (χ4v) is 3.13. The van der Waals surface area contributed by atoms with E-state index in [2.05, 4.69) is 0 Å². The molecule has 2 N–H and O–H groups in total. The van der Waals surface area contributed by atoms with Crippen LogP contribution in [0.25, 0.3) is 0 Å². The minimum atomic E-state index is -0.899. The summed E-state index contributed by atoms with van der Waals surface area (Å²) in [7, 11) is 0. The average molecular weight is 273 g/mol. The summed E-state index contributed by atoms with van der Waals surface area (Å²) in [5, 5.41) is 3.54. The van der Waals surface area contributed by atoms with E-state index in [1.54, 1.807) is 5.01 Å². The molecule has 2 atom stereocenters. The summed E-state index contributed by atoms with van der Waals surface area (Å²) in [5.74, 6) is -0.123. The van der Waals surface area contributed by atoms with Gasteiger partial charge in [0.1, 0.15) is 17.9 Å². The van der Waals surface area contributed by atoms with Crippen molar-refractivity contribution in [2.45, 2.75) is 30.8 Å². The highest BCUT2D eigenvalue weighted by atomic mass is 16.2. The van der Waals surface area contributed by atoms with Crippen molar-refractivity contribution in [3.63, 3.8) is 0 Å². The molecule has 3 rings (SSSR count). The Balaban J connectivity index is 1.83. The second-order valence-electron chi connectivity index (χ2n) is 5.66. The number of nitrogens with zero attached hydrogens (tertiary/aromatic N) is 2. The van der Waals surface area contributed by atoms with Crippen LogP contribution in [0.3, 0.4) is 0 Å². The minimum absolute atomic E-state index is 0.123. The molecule has 1 aromatic carbocycles. The lowest BCUT2D eigenvalue weighted by molar-refractivity contribution is -0.163. The number of rotatable bonds is 3. The van der Waals surface area contributed by atoms with E-state index in [-0.39, 0.29) is 11.9 Å². The van der Waals surface area contributed by atoms with E-state index in [9.17, 15) is 9.59 Å². The van der Waals surface area contributed by atoms with Gasteiger partial charge in [-0.3, -0.25) is 9.80 Å². The highest BCUT2D eigenvalue weighted by molar-refractivity contribution is 5.89. The molecule has 2 aliphatic rings. The van der Waals surface area contributed by atoms with Gasteiger partial charge in [-0.05, 0) is 24.8 Å². The van der Waals surface area contributed by atoms with E-state index in [0.717, 1.165) is 24.9 Å². The van der Waals surface area contributed by atoms with E-state index in [1.165, 1.54) is 0 Å². The van der Waals surface area contributed by atoms with Crippen molar-refractivity contribution in [1.29, 1.82) is 0 Å². The van der Waals surface area contributed by atoms with Crippen molar-refractivity contribution in [3.8, 4) is 0 Å². The van der Waals surface area contributed by atoms with Crippen LogP contribution in [0, 0.1) is 0 Å². The molecular formula is C15H19N3O2. The van der Waals surface area contributed by atoms with E-state index in [0.29, 0.717) is 19.3 Å². The number of carbonyl (C=O) groups is 2. The van der Waals surface area contributed by atoms with Gasteiger partial charge in [-0.25, -0.2) is 5.01 Å². The Bertz CT molecular complexity index is 519. The van der Waals surface area contributed by atoms with Crippen LogP contribution in [0.2, 0.25) is 0 Å². The number of nitrogens with two attached hydrogens (primary N) is 1. The molecule has 1 aromatic rings. The fourth-order valence-electron chi connectivity index (χ4n) is 3.13. The lowest BCUT2D eigenvalue weighted by Crippen LogP contribution is -2.66. The summed E-state index contributed by atoms with van der Waals surface area (Å²) >= 11 is 0. The van der Waals surface area contributed by atoms with Gasteiger partial charge in [-0.2, -0.15) is 0 Å². The van der Waals surface area contributed by atoms with Crippen molar-refractivity contribution in [2.75, 3.05) is 13.1 Å². The van der Waals surface area contributed by atoms with Crippen LogP contribution in [0.4, 0.5) is 0 Å². The molecule has 1 amide bonds. The number of carbonyl (C=O) groups excluding carboxylic acids is 2.